The van der Waals surface area contributed by atoms with Gasteiger partial charge in [0.15, 0.2) is 11.6 Å². The summed E-state index contributed by atoms with van der Waals surface area (Å²) in [4.78, 5) is 29.6. The van der Waals surface area contributed by atoms with Crippen molar-refractivity contribution in [2.45, 2.75) is 0 Å². The van der Waals surface area contributed by atoms with Crippen LogP contribution < -0.4 is 4.90 Å². The molecule has 1 aliphatic carbocycles. The Hall–Kier alpha value is -4.51. The molecule has 0 aliphatic heterocycles. The number of halogens is 1. The van der Waals surface area contributed by atoms with E-state index in [1.54, 1.807) is 6.08 Å². The number of carbonyl (C=O) groups excluding carboxylic acids is 2. The van der Waals surface area contributed by atoms with Gasteiger partial charge in [-0.3, -0.25) is 9.59 Å². The molecule has 0 atom stereocenters. The Morgan fingerprint density at radius 3 is 2.00 bits per heavy atom. The molecule has 0 saturated carbocycles. The quantitative estimate of drug-likeness (QED) is 0.165. The number of hydrogen-bond donors (Lipinski definition) is 0. The first-order valence-electron chi connectivity index (χ1n) is 12.5. The molecule has 5 heteroatoms. The molecule has 5 aromatic carbocycles. The van der Waals surface area contributed by atoms with Crippen LogP contribution in [0.5, 0.6) is 0 Å². The fraction of sp³-hybridized carbons (Fsp3) is 0. The van der Waals surface area contributed by atoms with E-state index in [-0.39, 0.29) is 17.1 Å². The second kappa shape index (κ2) is 9.35. The molecule has 0 radical (unpaired) electrons. The lowest BCUT2D eigenvalue weighted by Crippen LogP contribution is -2.08. The maximum atomic E-state index is 13.3. The number of ketones is 2. The first-order chi connectivity index (χ1) is 19.1. The third kappa shape index (κ3) is 4.06. The summed E-state index contributed by atoms with van der Waals surface area (Å²) in [7, 11) is 0. The van der Waals surface area contributed by atoms with Gasteiger partial charge in [-0.1, -0.05) is 78.3 Å². The average molecular weight is 542 g/mol. The highest BCUT2D eigenvalue weighted by molar-refractivity contribution is 7.17. The number of Topliss-reactive ketones (excluding diaryl/α,β-unsaturated/α-hetero) is 2. The Bertz CT molecular complexity index is 1930. The van der Waals surface area contributed by atoms with Gasteiger partial charge < -0.3 is 4.90 Å². The van der Waals surface area contributed by atoms with Crippen LogP contribution in [0.2, 0.25) is 5.02 Å². The molecule has 6 aromatic rings. The third-order valence-electron chi connectivity index (χ3n) is 7.06. The van der Waals surface area contributed by atoms with Gasteiger partial charge in [0.05, 0.1) is 11.3 Å². The molecule has 186 valence electrons. The van der Waals surface area contributed by atoms with Crippen molar-refractivity contribution < 1.29 is 9.59 Å². The molecular weight excluding hydrogens is 522 g/mol. The zero-order chi connectivity index (χ0) is 26.5. The van der Waals surface area contributed by atoms with Crippen LogP contribution in [0, 0.1) is 0 Å². The normalized spacial score (nSPS) is 12.8. The smallest absolute Gasteiger partial charge is 0.197 e. The molecule has 1 heterocycles. The van der Waals surface area contributed by atoms with Crippen LogP contribution in [-0.2, 0) is 0 Å². The summed E-state index contributed by atoms with van der Waals surface area (Å²) in [6.45, 7) is 0. The minimum absolute atomic E-state index is 0.202. The molecule has 0 amide bonds. The van der Waals surface area contributed by atoms with Crippen molar-refractivity contribution >= 4 is 78.5 Å². The lowest BCUT2D eigenvalue weighted by atomic mass is 10.0. The first kappa shape index (κ1) is 23.6. The fourth-order valence-corrected chi connectivity index (χ4v) is 6.40. The molecule has 0 N–H and O–H groups in total. The van der Waals surface area contributed by atoms with Gasteiger partial charge in [0.1, 0.15) is 5.00 Å². The Kier molecular flexibility index (Phi) is 5.66. The van der Waals surface area contributed by atoms with Crippen LogP contribution >= 0.6 is 22.9 Å². The molecule has 1 aromatic heterocycles. The highest BCUT2D eigenvalue weighted by atomic mass is 35.5. The van der Waals surface area contributed by atoms with Crippen molar-refractivity contribution in [2.75, 3.05) is 4.90 Å². The predicted octanol–water partition coefficient (Wildman–Crippen LogP) is 9.64. The van der Waals surface area contributed by atoms with Crippen molar-refractivity contribution in [3.63, 3.8) is 0 Å². The molecule has 3 nitrogen and oxygen atoms in total. The van der Waals surface area contributed by atoms with Crippen molar-refractivity contribution in [1.82, 2.24) is 0 Å². The van der Waals surface area contributed by atoms with E-state index in [1.807, 2.05) is 91.0 Å². The summed E-state index contributed by atoms with van der Waals surface area (Å²) in [6.07, 6.45) is 1.72. The summed E-state index contributed by atoms with van der Waals surface area (Å²) >= 11 is 7.93. The van der Waals surface area contributed by atoms with E-state index in [0.29, 0.717) is 16.1 Å². The Morgan fingerprint density at radius 2 is 1.28 bits per heavy atom. The minimum atomic E-state index is -0.226. The number of fused-ring (bicyclic) bond motifs is 3. The van der Waals surface area contributed by atoms with Crippen molar-refractivity contribution in [3.05, 3.63) is 142 Å². The van der Waals surface area contributed by atoms with E-state index < -0.39 is 0 Å². The molecule has 39 heavy (non-hydrogen) atoms. The maximum Gasteiger partial charge on any atom is 0.197 e. The van der Waals surface area contributed by atoms with Gasteiger partial charge >= 0.3 is 0 Å². The number of carbonyl (C=O) groups is 2. The lowest BCUT2D eigenvalue weighted by Gasteiger charge is -2.25. The van der Waals surface area contributed by atoms with Crippen LogP contribution in [-0.4, -0.2) is 11.6 Å². The van der Waals surface area contributed by atoms with E-state index in [9.17, 15) is 9.59 Å². The maximum absolute atomic E-state index is 13.3. The summed E-state index contributed by atoms with van der Waals surface area (Å²) in [6, 6.07) is 37.6. The lowest BCUT2D eigenvalue weighted by molar-refractivity contribution is 0.0990. The SMILES string of the molecule is O=C1C(=Cc2ccc(N(c3cccc(Cl)c3)c3cccc4ccccc34)s2)C(=O)c2cc3ccccc3cc21. The molecule has 7 rings (SSSR count). The van der Waals surface area contributed by atoms with E-state index >= 15 is 0 Å². The highest BCUT2D eigenvalue weighted by Gasteiger charge is 2.33. The summed E-state index contributed by atoms with van der Waals surface area (Å²) < 4.78 is 0. The number of nitrogens with zero attached hydrogens (tertiary/aromatic N) is 1. The van der Waals surface area contributed by atoms with Gasteiger partial charge in [-0.25, -0.2) is 0 Å². The molecular formula is C34H20ClNO2S. The van der Waals surface area contributed by atoms with Crippen molar-refractivity contribution in [1.29, 1.82) is 0 Å². The number of benzene rings is 5. The predicted molar refractivity (Wildman–Crippen MR) is 162 cm³/mol. The number of thiophene rings is 1. The van der Waals surface area contributed by atoms with Crippen LogP contribution in [0.1, 0.15) is 25.6 Å². The van der Waals surface area contributed by atoms with Gasteiger partial charge in [0.25, 0.3) is 0 Å². The second-order valence-corrected chi connectivity index (χ2v) is 11.0. The van der Waals surface area contributed by atoms with Crippen LogP contribution in [0.25, 0.3) is 27.6 Å². The number of anilines is 3. The van der Waals surface area contributed by atoms with Crippen LogP contribution in [0.4, 0.5) is 16.4 Å². The number of rotatable bonds is 4. The minimum Gasteiger partial charge on any atom is -0.301 e. The largest absolute Gasteiger partial charge is 0.301 e. The van der Waals surface area contributed by atoms with E-state index in [0.717, 1.165) is 42.8 Å². The zero-order valence-electron chi connectivity index (χ0n) is 20.6. The van der Waals surface area contributed by atoms with E-state index in [4.69, 9.17) is 11.6 Å². The van der Waals surface area contributed by atoms with Gasteiger partial charge in [-0.2, -0.15) is 0 Å². The van der Waals surface area contributed by atoms with Crippen LogP contribution in [0.3, 0.4) is 0 Å². The van der Waals surface area contributed by atoms with Crippen LogP contribution in [0.15, 0.2) is 121 Å². The monoisotopic (exact) mass is 541 g/mol. The summed E-state index contributed by atoms with van der Waals surface area (Å²) in [5.41, 5.74) is 3.08. The standard InChI is InChI=1S/C34H20ClNO2S/c35-24-11-6-12-25(19-24)36(31-14-5-10-21-7-3-4-13-27(21)31)32-16-15-26(39-32)20-30-33(37)28-17-22-8-1-2-9-23(22)18-29(28)34(30)38/h1-20H. The van der Waals surface area contributed by atoms with Gasteiger partial charge in [-0.15, -0.1) is 11.3 Å². The molecule has 0 fully saturated rings. The first-order valence-corrected chi connectivity index (χ1v) is 13.7. The average Bonchev–Trinajstić information content (AvgIpc) is 3.51. The molecule has 0 saturated heterocycles. The fourth-order valence-electron chi connectivity index (χ4n) is 5.23. The van der Waals surface area contributed by atoms with Crippen molar-refractivity contribution in [3.8, 4) is 0 Å². The molecule has 0 bridgehead atoms. The topological polar surface area (TPSA) is 37.4 Å². The summed E-state index contributed by atoms with van der Waals surface area (Å²) in [5.74, 6) is -0.451. The van der Waals surface area contributed by atoms with Gasteiger partial charge in [0, 0.05) is 32.1 Å². The number of hydrogen-bond acceptors (Lipinski definition) is 4. The zero-order valence-corrected chi connectivity index (χ0v) is 22.2. The third-order valence-corrected chi connectivity index (χ3v) is 8.31. The molecule has 0 spiro atoms. The molecule has 1 aliphatic rings. The Labute approximate surface area is 234 Å². The Balaban J connectivity index is 1.33. The Morgan fingerprint density at radius 1 is 0.641 bits per heavy atom. The second-order valence-electron chi connectivity index (χ2n) is 9.45. The van der Waals surface area contributed by atoms with Gasteiger partial charge in [0.2, 0.25) is 0 Å². The summed E-state index contributed by atoms with van der Waals surface area (Å²) in [5, 5.41) is 5.73. The number of allylic oxidation sites excluding steroid dienone is 1. The van der Waals surface area contributed by atoms with Gasteiger partial charge in [-0.05, 0) is 70.8 Å². The van der Waals surface area contributed by atoms with Crippen molar-refractivity contribution in [2.24, 2.45) is 0 Å². The van der Waals surface area contributed by atoms with E-state index in [2.05, 4.69) is 29.2 Å². The van der Waals surface area contributed by atoms with E-state index in [1.165, 1.54) is 11.3 Å². The highest BCUT2D eigenvalue weighted by Crippen LogP contribution is 2.43. The molecule has 0 unspecified atom stereocenters.